The number of aromatic nitrogens is 1. The van der Waals surface area contributed by atoms with E-state index < -0.39 is 16.7 Å². The Labute approximate surface area is 123 Å². The number of ether oxygens (including phenoxy) is 1. The smallest absolute Gasteiger partial charge is 0.328 e. The first kappa shape index (κ1) is 15.1. The van der Waals surface area contributed by atoms with Crippen molar-refractivity contribution in [3.63, 3.8) is 0 Å². The number of hydrogen-bond donors (Lipinski definition) is 1. The van der Waals surface area contributed by atoms with Crippen LogP contribution in [-0.4, -0.2) is 21.0 Å². The lowest BCUT2D eigenvalue weighted by Gasteiger charge is -2.06. The van der Waals surface area contributed by atoms with Crippen LogP contribution in [-0.2, 0) is 4.79 Å². The van der Waals surface area contributed by atoms with Crippen LogP contribution in [0, 0.1) is 15.9 Å². The minimum absolute atomic E-state index is 0.00155. The van der Waals surface area contributed by atoms with Crippen LogP contribution in [0.1, 0.15) is 5.56 Å². The summed E-state index contributed by atoms with van der Waals surface area (Å²) in [5.41, 5.74) is 0.144. The molecule has 0 aliphatic carbocycles. The number of nitrogens with zero attached hydrogens (tertiary/aromatic N) is 2. The molecule has 2 rings (SSSR count). The summed E-state index contributed by atoms with van der Waals surface area (Å²) < 4.78 is 19.0. The Hall–Kier alpha value is -3.29. The highest BCUT2D eigenvalue weighted by Crippen LogP contribution is 2.25. The third-order valence-electron chi connectivity index (χ3n) is 2.52. The molecular weight excluding hydrogens is 295 g/mol. The molecule has 1 N–H and O–H groups in total. The van der Waals surface area contributed by atoms with Crippen molar-refractivity contribution in [1.82, 2.24) is 4.98 Å². The van der Waals surface area contributed by atoms with Crippen molar-refractivity contribution in [2.75, 3.05) is 0 Å². The molecular formula is C14H9FN2O5. The zero-order chi connectivity index (χ0) is 16.1. The van der Waals surface area contributed by atoms with Gasteiger partial charge in [0.25, 0.3) is 5.69 Å². The third-order valence-corrected chi connectivity index (χ3v) is 2.52. The van der Waals surface area contributed by atoms with E-state index in [0.29, 0.717) is 5.56 Å². The lowest BCUT2D eigenvalue weighted by Crippen LogP contribution is -1.93. The van der Waals surface area contributed by atoms with E-state index in [1.165, 1.54) is 30.3 Å². The lowest BCUT2D eigenvalue weighted by molar-refractivity contribution is -0.385. The van der Waals surface area contributed by atoms with E-state index >= 15 is 0 Å². The average molecular weight is 304 g/mol. The van der Waals surface area contributed by atoms with E-state index in [0.717, 1.165) is 18.3 Å². The number of aliphatic carboxylic acids is 1. The molecule has 112 valence electrons. The zero-order valence-corrected chi connectivity index (χ0v) is 11.0. The SMILES string of the molecule is O=C(O)C=Cc1ccc(Oc2ccc([N+](=O)[O-])cn2)c(F)c1. The quantitative estimate of drug-likeness (QED) is 0.517. The van der Waals surface area contributed by atoms with Crippen molar-refractivity contribution in [3.05, 3.63) is 64.1 Å². The molecule has 1 heterocycles. The minimum atomic E-state index is -1.14. The maximum absolute atomic E-state index is 13.8. The van der Waals surface area contributed by atoms with Crippen LogP contribution in [0.15, 0.2) is 42.6 Å². The fourth-order valence-electron chi connectivity index (χ4n) is 1.52. The second-order valence-electron chi connectivity index (χ2n) is 4.08. The monoisotopic (exact) mass is 304 g/mol. The fourth-order valence-corrected chi connectivity index (χ4v) is 1.52. The van der Waals surface area contributed by atoms with Crippen LogP contribution in [0.4, 0.5) is 10.1 Å². The summed E-state index contributed by atoms with van der Waals surface area (Å²) in [6.45, 7) is 0. The van der Waals surface area contributed by atoms with E-state index in [1.807, 2.05) is 0 Å². The van der Waals surface area contributed by atoms with Crippen LogP contribution in [0.3, 0.4) is 0 Å². The van der Waals surface area contributed by atoms with Gasteiger partial charge in [0.15, 0.2) is 11.6 Å². The molecule has 0 aliphatic heterocycles. The molecule has 22 heavy (non-hydrogen) atoms. The number of carboxylic acid groups (broad SMARTS) is 1. The van der Waals surface area contributed by atoms with Crippen LogP contribution >= 0.6 is 0 Å². The Bertz CT molecular complexity index is 743. The topological polar surface area (TPSA) is 103 Å². The van der Waals surface area contributed by atoms with Crippen molar-refractivity contribution in [2.45, 2.75) is 0 Å². The van der Waals surface area contributed by atoms with Crippen molar-refractivity contribution in [3.8, 4) is 11.6 Å². The summed E-state index contributed by atoms with van der Waals surface area (Å²) in [7, 11) is 0. The Morgan fingerprint density at radius 2 is 2.14 bits per heavy atom. The molecule has 0 aliphatic rings. The van der Waals surface area contributed by atoms with Crippen LogP contribution in [0.5, 0.6) is 11.6 Å². The Morgan fingerprint density at radius 3 is 2.68 bits per heavy atom. The minimum Gasteiger partial charge on any atom is -0.478 e. The highest BCUT2D eigenvalue weighted by atomic mass is 19.1. The Morgan fingerprint density at radius 1 is 1.36 bits per heavy atom. The number of rotatable bonds is 5. The normalized spacial score (nSPS) is 10.6. The van der Waals surface area contributed by atoms with E-state index in [4.69, 9.17) is 9.84 Å². The highest BCUT2D eigenvalue weighted by molar-refractivity contribution is 5.85. The molecule has 0 unspecified atom stereocenters. The van der Waals surface area contributed by atoms with Crippen LogP contribution < -0.4 is 4.74 Å². The van der Waals surface area contributed by atoms with Gasteiger partial charge in [0, 0.05) is 18.2 Å². The second-order valence-corrected chi connectivity index (χ2v) is 4.08. The molecule has 0 amide bonds. The summed E-state index contributed by atoms with van der Waals surface area (Å²) in [5, 5.41) is 19.0. The largest absolute Gasteiger partial charge is 0.478 e. The van der Waals surface area contributed by atoms with Gasteiger partial charge in [-0.25, -0.2) is 14.2 Å². The van der Waals surface area contributed by atoms with E-state index in [-0.39, 0.29) is 17.3 Å². The Balaban J connectivity index is 2.16. The van der Waals surface area contributed by atoms with Gasteiger partial charge in [0.1, 0.15) is 6.20 Å². The molecule has 0 atom stereocenters. The molecule has 7 nitrogen and oxygen atoms in total. The Kier molecular flexibility index (Phi) is 4.42. The molecule has 2 aromatic rings. The van der Waals surface area contributed by atoms with Crippen molar-refractivity contribution >= 4 is 17.7 Å². The van der Waals surface area contributed by atoms with Crippen molar-refractivity contribution in [2.24, 2.45) is 0 Å². The standard InChI is InChI=1S/C14H9FN2O5/c15-11-7-9(2-6-14(18)19)1-4-12(11)22-13-5-3-10(8-16-13)17(20)21/h1-8H,(H,18,19). The van der Waals surface area contributed by atoms with Crippen LogP contribution in [0.25, 0.3) is 6.08 Å². The van der Waals surface area contributed by atoms with Gasteiger partial charge in [-0.05, 0) is 23.8 Å². The number of nitro groups is 1. The molecule has 0 saturated heterocycles. The first-order valence-electron chi connectivity index (χ1n) is 5.94. The molecule has 1 aromatic heterocycles. The molecule has 0 radical (unpaired) electrons. The number of carbonyl (C=O) groups is 1. The predicted molar refractivity (Wildman–Crippen MR) is 74.0 cm³/mol. The zero-order valence-electron chi connectivity index (χ0n) is 11.0. The predicted octanol–water partition coefficient (Wildman–Crippen LogP) is 3.02. The maximum Gasteiger partial charge on any atom is 0.328 e. The van der Waals surface area contributed by atoms with Crippen LogP contribution in [0.2, 0.25) is 0 Å². The summed E-state index contributed by atoms with van der Waals surface area (Å²) in [4.78, 5) is 24.0. The summed E-state index contributed by atoms with van der Waals surface area (Å²) in [6, 6.07) is 6.30. The first-order valence-corrected chi connectivity index (χ1v) is 5.94. The molecule has 0 saturated carbocycles. The maximum atomic E-state index is 13.8. The van der Waals surface area contributed by atoms with E-state index in [1.54, 1.807) is 0 Å². The van der Waals surface area contributed by atoms with Gasteiger partial charge in [-0.3, -0.25) is 10.1 Å². The van der Waals surface area contributed by atoms with Crippen molar-refractivity contribution < 1.29 is 24.0 Å². The first-order chi connectivity index (χ1) is 10.5. The average Bonchev–Trinajstić information content (AvgIpc) is 2.48. The van der Waals surface area contributed by atoms with Gasteiger partial charge < -0.3 is 9.84 Å². The van der Waals surface area contributed by atoms with Gasteiger partial charge in [0.2, 0.25) is 5.88 Å². The molecule has 1 aromatic carbocycles. The summed E-state index contributed by atoms with van der Waals surface area (Å²) in [6.07, 6.45) is 3.11. The number of hydrogen-bond acceptors (Lipinski definition) is 5. The molecule has 0 spiro atoms. The third kappa shape index (κ3) is 3.85. The molecule has 0 fully saturated rings. The second kappa shape index (κ2) is 6.44. The number of benzene rings is 1. The van der Waals surface area contributed by atoms with E-state index in [9.17, 15) is 19.3 Å². The van der Waals surface area contributed by atoms with Gasteiger partial charge in [-0.1, -0.05) is 6.07 Å². The van der Waals surface area contributed by atoms with Crippen molar-refractivity contribution in [1.29, 1.82) is 0 Å². The highest BCUT2D eigenvalue weighted by Gasteiger charge is 2.09. The summed E-state index contributed by atoms with van der Waals surface area (Å²) in [5.74, 6) is -1.99. The summed E-state index contributed by atoms with van der Waals surface area (Å²) >= 11 is 0. The van der Waals surface area contributed by atoms with Gasteiger partial charge >= 0.3 is 5.97 Å². The molecule has 0 bridgehead atoms. The lowest BCUT2D eigenvalue weighted by atomic mass is 10.2. The molecule has 8 heteroatoms. The number of carboxylic acids is 1. The fraction of sp³-hybridized carbons (Fsp3) is 0. The van der Waals surface area contributed by atoms with Gasteiger partial charge in [-0.15, -0.1) is 0 Å². The number of halogens is 1. The van der Waals surface area contributed by atoms with E-state index in [2.05, 4.69) is 4.98 Å². The van der Waals surface area contributed by atoms with Gasteiger partial charge in [-0.2, -0.15) is 0 Å². The van der Waals surface area contributed by atoms with Gasteiger partial charge in [0.05, 0.1) is 4.92 Å². The number of pyridine rings is 1.